The van der Waals surface area contributed by atoms with Crippen molar-refractivity contribution in [3.8, 4) is 0 Å². The largest absolute Gasteiger partial charge is 0.282 e. The first-order valence-electron chi connectivity index (χ1n) is 9.21. The van der Waals surface area contributed by atoms with E-state index in [1.165, 1.54) is 11.1 Å². The fraction of sp³-hybridized carbons (Fsp3) is 0.174. The summed E-state index contributed by atoms with van der Waals surface area (Å²) < 4.78 is 1.09. The highest BCUT2D eigenvalue weighted by Gasteiger charge is 2.21. The Morgan fingerprint density at radius 3 is 2.54 bits per heavy atom. The van der Waals surface area contributed by atoms with Crippen molar-refractivity contribution in [1.82, 2.24) is 9.97 Å². The molecule has 0 saturated carbocycles. The number of carbonyl (C=O) groups is 1. The van der Waals surface area contributed by atoms with Crippen LogP contribution in [0.15, 0.2) is 66.9 Å². The van der Waals surface area contributed by atoms with Crippen LogP contribution in [0.2, 0.25) is 0 Å². The van der Waals surface area contributed by atoms with Gasteiger partial charge in [-0.2, -0.15) is 0 Å². The molecular weight excluding hydrogens is 366 g/mol. The first-order valence-corrected chi connectivity index (χ1v) is 10.0. The lowest BCUT2D eigenvalue weighted by atomic mass is 10.1. The van der Waals surface area contributed by atoms with E-state index in [0.717, 1.165) is 21.5 Å². The highest BCUT2D eigenvalue weighted by Crippen LogP contribution is 2.30. The van der Waals surface area contributed by atoms with Gasteiger partial charge in [0, 0.05) is 6.20 Å². The van der Waals surface area contributed by atoms with Crippen LogP contribution in [0, 0.1) is 13.8 Å². The zero-order chi connectivity index (χ0) is 19.5. The van der Waals surface area contributed by atoms with Gasteiger partial charge in [0.1, 0.15) is 0 Å². The maximum Gasteiger partial charge on any atom is 0.233 e. The minimum atomic E-state index is 0.0188. The number of anilines is 1. The maximum atomic E-state index is 13.2. The van der Waals surface area contributed by atoms with Gasteiger partial charge in [-0.1, -0.05) is 53.3 Å². The molecule has 4 nitrogen and oxygen atoms in total. The molecule has 0 fully saturated rings. The number of fused-ring (bicyclic) bond motifs is 1. The number of hydrogen-bond donors (Lipinski definition) is 0. The summed E-state index contributed by atoms with van der Waals surface area (Å²) in [7, 11) is 0. The minimum Gasteiger partial charge on any atom is -0.282 e. The van der Waals surface area contributed by atoms with Crippen LogP contribution in [0.4, 0.5) is 5.13 Å². The van der Waals surface area contributed by atoms with E-state index in [1.807, 2.05) is 61.5 Å². The number of thiazole rings is 1. The van der Waals surface area contributed by atoms with Crippen LogP contribution in [0.25, 0.3) is 10.2 Å². The van der Waals surface area contributed by atoms with E-state index in [-0.39, 0.29) is 5.91 Å². The van der Waals surface area contributed by atoms with Crippen molar-refractivity contribution in [3.05, 3.63) is 89.2 Å². The number of nitrogens with zero attached hydrogens (tertiary/aromatic N) is 3. The lowest BCUT2D eigenvalue weighted by molar-refractivity contribution is -0.118. The highest BCUT2D eigenvalue weighted by atomic mass is 32.1. The first-order chi connectivity index (χ1) is 13.6. The lowest BCUT2D eigenvalue weighted by Gasteiger charge is -2.19. The first kappa shape index (κ1) is 18.3. The van der Waals surface area contributed by atoms with E-state index in [9.17, 15) is 4.79 Å². The molecule has 2 aromatic heterocycles. The van der Waals surface area contributed by atoms with Gasteiger partial charge in [-0.3, -0.25) is 14.7 Å². The van der Waals surface area contributed by atoms with E-state index >= 15 is 0 Å². The molecule has 2 aromatic carbocycles. The van der Waals surface area contributed by atoms with E-state index in [0.29, 0.717) is 18.1 Å². The molecule has 0 N–H and O–H groups in total. The van der Waals surface area contributed by atoms with E-state index in [1.54, 1.807) is 22.4 Å². The average Bonchev–Trinajstić information content (AvgIpc) is 3.11. The molecule has 0 saturated heterocycles. The monoisotopic (exact) mass is 387 g/mol. The van der Waals surface area contributed by atoms with Crippen LogP contribution >= 0.6 is 11.3 Å². The summed E-state index contributed by atoms with van der Waals surface area (Å²) >= 11 is 1.55. The van der Waals surface area contributed by atoms with Gasteiger partial charge in [0.25, 0.3) is 0 Å². The molecule has 28 heavy (non-hydrogen) atoms. The van der Waals surface area contributed by atoms with Crippen LogP contribution in [-0.2, 0) is 17.8 Å². The van der Waals surface area contributed by atoms with Gasteiger partial charge < -0.3 is 0 Å². The summed E-state index contributed by atoms with van der Waals surface area (Å²) in [6.45, 7) is 4.51. The second kappa shape index (κ2) is 7.90. The molecule has 0 unspecified atom stereocenters. The van der Waals surface area contributed by atoms with E-state index in [2.05, 4.69) is 18.0 Å². The van der Waals surface area contributed by atoms with Crippen LogP contribution < -0.4 is 4.90 Å². The standard InChI is InChI=1S/C23H21N3OS/c1-16-6-9-18(10-7-16)14-22(27)26(15-19-5-3-4-12-24-19)23-25-20-11-8-17(2)13-21(20)28-23/h3-13H,14-15H2,1-2H3. The molecule has 0 aliphatic heterocycles. The van der Waals surface area contributed by atoms with Gasteiger partial charge in [-0.25, -0.2) is 4.98 Å². The van der Waals surface area contributed by atoms with Gasteiger partial charge >= 0.3 is 0 Å². The molecule has 0 radical (unpaired) electrons. The number of benzene rings is 2. The molecule has 0 aliphatic rings. The van der Waals surface area contributed by atoms with Crippen molar-refractivity contribution in [2.24, 2.45) is 0 Å². The number of carbonyl (C=O) groups excluding carboxylic acids is 1. The zero-order valence-electron chi connectivity index (χ0n) is 15.9. The number of hydrogen-bond acceptors (Lipinski definition) is 4. The molecule has 4 aromatic rings. The predicted molar refractivity (Wildman–Crippen MR) is 115 cm³/mol. The van der Waals surface area contributed by atoms with Gasteiger partial charge in [-0.05, 0) is 49.2 Å². The van der Waals surface area contributed by atoms with Crippen molar-refractivity contribution >= 4 is 32.6 Å². The molecule has 1 amide bonds. The summed E-state index contributed by atoms with van der Waals surface area (Å²) in [5, 5.41) is 0.711. The normalized spacial score (nSPS) is 10.9. The van der Waals surface area contributed by atoms with Gasteiger partial charge in [0.15, 0.2) is 5.13 Å². The Morgan fingerprint density at radius 2 is 1.79 bits per heavy atom. The Kier molecular flexibility index (Phi) is 5.17. The average molecular weight is 388 g/mol. The van der Waals surface area contributed by atoms with Crippen molar-refractivity contribution in [3.63, 3.8) is 0 Å². The summed E-state index contributed by atoms with van der Waals surface area (Å²) in [5.41, 5.74) is 5.13. The number of aromatic nitrogens is 2. The fourth-order valence-electron chi connectivity index (χ4n) is 3.03. The highest BCUT2D eigenvalue weighted by molar-refractivity contribution is 7.22. The molecule has 0 bridgehead atoms. The molecule has 0 atom stereocenters. The third-order valence-corrected chi connectivity index (χ3v) is 5.63. The topological polar surface area (TPSA) is 46.1 Å². The maximum absolute atomic E-state index is 13.2. The Hall–Kier alpha value is -3.05. The van der Waals surface area contributed by atoms with Gasteiger partial charge in [-0.15, -0.1) is 0 Å². The Bertz CT molecular complexity index is 1100. The second-order valence-electron chi connectivity index (χ2n) is 6.93. The Morgan fingerprint density at radius 1 is 1.00 bits per heavy atom. The third-order valence-electron chi connectivity index (χ3n) is 4.59. The number of amides is 1. The molecule has 5 heteroatoms. The van der Waals surface area contributed by atoms with Crippen molar-refractivity contribution in [1.29, 1.82) is 0 Å². The lowest BCUT2D eigenvalue weighted by Crippen LogP contribution is -2.32. The van der Waals surface area contributed by atoms with Crippen molar-refractivity contribution in [2.75, 3.05) is 4.90 Å². The predicted octanol–water partition coefficient (Wildman–Crippen LogP) is 5.08. The summed E-state index contributed by atoms with van der Waals surface area (Å²) in [4.78, 5) is 24.1. The van der Waals surface area contributed by atoms with Crippen LogP contribution in [0.1, 0.15) is 22.4 Å². The molecule has 2 heterocycles. The minimum absolute atomic E-state index is 0.0188. The zero-order valence-corrected chi connectivity index (χ0v) is 16.7. The summed E-state index contributed by atoms with van der Waals surface area (Å²) in [5.74, 6) is 0.0188. The van der Waals surface area contributed by atoms with Gasteiger partial charge in [0.2, 0.25) is 5.91 Å². The second-order valence-corrected chi connectivity index (χ2v) is 7.94. The van der Waals surface area contributed by atoms with Crippen LogP contribution in [-0.4, -0.2) is 15.9 Å². The summed E-state index contributed by atoms with van der Waals surface area (Å²) in [6, 6.07) is 20.0. The van der Waals surface area contributed by atoms with Crippen LogP contribution in [0.3, 0.4) is 0 Å². The fourth-order valence-corrected chi connectivity index (χ4v) is 4.11. The Labute approximate surface area is 168 Å². The number of rotatable bonds is 5. The number of aryl methyl sites for hydroxylation is 2. The summed E-state index contributed by atoms with van der Waals surface area (Å²) in [6.07, 6.45) is 2.09. The molecule has 4 rings (SSSR count). The SMILES string of the molecule is Cc1ccc(CC(=O)N(Cc2ccccn2)c2nc3ccc(C)cc3s2)cc1. The molecule has 140 valence electrons. The van der Waals surface area contributed by atoms with Crippen molar-refractivity contribution < 1.29 is 4.79 Å². The van der Waals surface area contributed by atoms with E-state index < -0.39 is 0 Å². The van der Waals surface area contributed by atoms with E-state index in [4.69, 9.17) is 4.98 Å². The third kappa shape index (κ3) is 4.10. The molecule has 0 aliphatic carbocycles. The number of pyridine rings is 1. The quantitative estimate of drug-likeness (QED) is 0.479. The van der Waals surface area contributed by atoms with Crippen molar-refractivity contribution in [2.45, 2.75) is 26.8 Å². The van der Waals surface area contributed by atoms with Gasteiger partial charge in [0.05, 0.1) is 28.9 Å². The van der Waals surface area contributed by atoms with Crippen LogP contribution in [0.5, 0.6) is 0 Å². The molecule has 0 spiro atoms. The Balaban J connectivity index is 1.67. The smallest absolute Gasteiger partial charge is 0.233 e. The molecular formula is C23H21N3OS.